The molecule has 2 nitrogen and oxygen atoms in total. The molecule has 0 spiro atoms. The Hall–Kier alpha value is -1.26. The van der Waals surface area contributed by atoms with Gasteiger partial charge in [0.2, 0.25) is 0 Å². The second-order valence-corrected chi connectivity index (χ2v) is 3.58. The van der Waals surface area contributed by atoms with Crippen LogP contribution in [0.3, 0.4) is 0 Å². The fourth-order valence-electron chi connectivity index (χ4n) is 1.40. The number of nitrogens with two attached hydrogens (primary N) is 1. The van der Waals surface area contributed by atoms with Crippen molar-refractivity contribution in [3.8, 4) is 0 Å². The van der Waals surface area contributed by atoms with Gasteiger partial charge in [0.05, 0.1) is 0 Å². The van der Waals surface area contributed by atoms with Crippen molar-refractivity contribution in [3.05, 3.63) is 47.5 Å². The maximum Gasteiger partial charge on any atom is 0.126 e. The lowest BCUT2D eigenvalue weighted by Crippen LogP contribution is -2.28. The van der Waals surface area contributed by atoms with Crippen molar-refractivity contribution in [2.45, 2.75) is 19.4 Å². The highest BCUT2D eigenvalue weighted by molar-refractivity contribution is 5.22. The maximum atomic E-state index is 12.9. The van der Waals surface area contributed by atoms with Crippen LogP contribution in [0.4, 0.5) is 8.78 Å². The summed E-state index contributed by atoms with van der Waals surface area (Å²) >= 11 is 0. The first-order chi connectivity index (χ1) is 7.02. The topological polar surface area (TPSA) is 38.0 Å². The van der Waals surface area contributed by atoms with Crippen LogP contribution < -0.4 is 11.3 Å². The first-order valence-corrected chi connectivity index (χ1v) is 4.59. The molecular formula is C11H14F2N2. The Morgan fingerprint density at radius 2 is 1.93 bits per heavy atom. The largest absolute Gasteiger partial charge is 0.271 e. The zero-order chi connectivity index (χ0) is 11.4. The molecule has 0 amide bonds. The lowest BCUT2D eigenvalue weighted by Gasteiger charge is -2.16. The summed E-state index contributed by atoms with van der Waals surface area (Å²) in [5.41, 5.74) is 3.89. The van der Waals surface area contributed by atoms with Gasteiger partial charge in [-0.3, -0.25) is 11.3 Å². The summed E-state index contributed by atoms with van der Waals surface area (Å²) in [5.74, 6) is 4.11. The van der Waals surface area contributed by atoms with Gasteiger partial charge in [0, 0.05) is 12.1 Å². The molecule has 0 aliphatic heterocycles. The number of rotatable bonds is 4. The maximum absolute atomic E-state index is 12.9. The number of hydrogen-bond acceptors (Lipinski definition) is 2. The van der Waals surface area contributed by atoms with Crippen LogP contribution in [0.25, 0.3) is 0 Å². The highest BCUT2D eigenvalue weighted by atomic mass is 19.1. The van der Waals surface area contributed by atoms with Crippen molar-refractivity contribution in [2.24, 2.45) is 5.84 Å². The highest BCUT2D eigenvalue weighted by Gasteiger charge is 2.11. The average Bonchev–Trinajstić information content (AvgIpc) is 2.12. The molecule has 1 aromatic carbocycles. The highest BCUT2D eigenvalue weighted by Crippen LogP contribution is 2.21. The molecule has 15 heavy (non-hydrogen) atoms. The second kappa shape index (κ2) is 5.00. The molecule has 0 aromatic heterocycles. The molecule has 1 atom stereocenters. The van der Waals surface area contributed by atoms with Crippen molar-refractivity contribution >= 4 is 0 Å². The summed E-state index contributed by atoms with van der Waals surface area (Å²) in [4.78, 5) is 0. The molecule has 4 heteroatoms. The van der Waals surface area contributed by atoms with Crippen molar-refractivity contribution in [3.63, 3.8) is 0 Å². The van der Waals surface area contributed by atoms with E-state index in [9.17, 15) is 8.78 Å². The van der Waals surface area contributed by atoms with Crippen LogP contribution in [0.15, 0.2) is 30.4 Å². The van der Waals surface area contributed by atoms with Crippen LogP contribution in [-0.4, -0.2) is 0 Å². The van der Waals surface area contributed by atoms with E-state index in [1.807, 2.05) is 6.92 Å². The third-order valence-electron chi connectivity index (χ3n) is 2.04. The Morgan fingerprint density at radius 1 is 1.40 bits per heavy atom. The summed E-state index contributed by atoms with van der Waals surface area (Å²) in [6.45, 7) is 5.56. The minimum absolute atomic E-state index is 0.312. The van der Waals surface area contributed by atoms with Crippen LogP contribution in [-0.2, 0) is 0 Å². The smallest absolute Gasteiger partial charge is 0.126 e. The van der Waals surface area contributed by atoms with E-state index in [4.69, 9.17) is 5.84 Å². The fourth-order valence-corrected chi connectivity index (χ4v) is 1.40. The average molecular weight is 212 g/mol. The van der Waals surface area contributed by atoms with E-state index in [0.717, 1.165) is 11.6 Å². The van der Waals surface area contributed by atoms with Gasteiger partial charge in [0.25, 0.3) is 0 Å². The van der Waals surface area contributed by atoms with Gasteiger partial charge in [0.1, 0.15) is 11.6 Å². The molecule has 0 aliphatic rings. The first-order valence-electron chi connectivity index (χ1n) is 4.59. The third-order valence-corrected chi connectivity index (χ3v) is 2.04. The minimum atomic E-state index is -0.605. The van der Waals surface area contributed by atoms with Gasteiger partial charge < -0.3 is 0 Å². The number of hydrogen-bond donors (Lipinski definition) is 2. The molecule has 1 aromatic rings. The molecule has 1 unspecified atom stereocenters. The molecular weight excluding hydrogens is 198 g/mol. The predicted octanol–water partition coefficient (Wildman–Crippen LogP) is 2.44. The van der Waals surface area contributed by atoms with Gasteiger partial charge in [-0.1, -0.05) is 5.57 Å². The van der Waals surface area contributed by atoms with E-state index < -0.39 is 11.6 Å². The molecule has 3 N–H and O–H groups in total. The Morgan fingerprint density at radius 3 is 2.33 bits per heavy atom. The Labute approximate surface area is 87.8 Å². The van der Waals surface area contributed by atoms with Crippen LogP contribution in [0.1, 0.15) is 24.9 Å². The van der Waals surface area contributed by atoms with Crippen LogP contribution >= 0.6 is 0 Å². The zero-order valence-electron chi connectivity index (χ0n) is 8.56. The van der Waals surface area contributed by atoms with E-state index in [2.05, 4.69) is 12.0 Å². The standard InChI is InChI=1S/C11H14F2N2/c1-7(2)3-11(15-14)8-4-9(12)6-10(13)5-8/h4-6,11,15H,1,3,14H2,2H3. The van der Waals surface area contributed by atoms with Crippen molar-refractivity contribution in [2.75, 3.05) is 0 Å². The molecule has 0 heterocycles. The van der Waals surface area contributed by atoms with Gasteiger partial charge in [-0.15, -0.1) is 6.58 Å². The van der Waals surface area contributed by atoms with E-state index in [0.29, 0.717) is 12.0 Å². The summed E-state index contributed by atoms with van der Waals surface area (Å²) in [6.07, 6.45) is 0.541. The summed E-state index contributed by atoms with van der Waals surface area (Å²) in [7, 11) is 0. The quantitative estimate of drug-likeness (QED) is 0.457. The molecule has 0 saturated heterocycles. The van der Waals surface area contributed by atoms with E-state index in [1.54, 1.807) is 0 Å². The molecule has 82 valence electrons. The van der Waals surface area contributed by atoms with Gasteiger partial charge in [0.15, 0.2) is 0 Å². The summed E-state index contributed by atoms with van der Waals surface area (Å²) in [6, 6.07) is 3.04. The number of nitrogens with one attached hydrogen (secondary N) is 1. The third kappa shape index (κ3) is 3.42. The Kier molecular flexibility index (Phi) is 3.94. The molecule has 0 bridgehead atoms. The molecule has 0 saturated carbocycles. The van der Waals surface area contributed by atoms with Crippen molar-refractivity contribution in [1.82, 2.24) is 5.43 Å². The molecule has 0 aliphatic carbocycles. The van der Waals surface area contributed by atoms with Crippen LogP contribution in [0.5, 0.6) is 0 Å². The van der Waals surface area contributed by atoms with Crippen molar-refractivity contribution < 1.29 is 8.78 Å². The molecule has 0 radical (unpaired) electrons. The van der Waals surface area contributed by atoms with Gasteiger partial charge in [-0.05, 0) is 31.0 Å². The van der Waals surface area contributed by atoms with E-state index >= 15 is 0 Å². The fraction of sp³-hybridized carbons (Fsp3) is 0.273. The monoisotopic (exact) mass is 212 g/mol. The molecule has 1 rings (SSSR count). The second-order valence-electron chi connectivity index (χ2n) is 3.58. The van der Waals surface area contributed by atoms with E-state index in [1.165, 1.54) is 12.1 Å². The van der Waals surface area contributed by atoms with E-state index in [-0.39, 0.29) is 6.04 Å². The number of halogens is 2. The lowest BCUT2D eigenvalue weighted by atomic mass is 10.0. The first kappa shape index (κ1) is 11.8. The normalized spacial score (nSPS) is 12.5. The number of benzene rings is 1. The molecule has 0 fully saturated rings. The van der Waals surface area contributed by atoms with Gasteiger partial charge in [-0.25, -0.2) is 8.78 Å². The Balaban J connectivity index is 2.95. The zero-order valence-corrected chi connectivity index (χ0v) is 8.56. The Bertz CT molecular complexity index is 343. The summed E-state index contributed by atoms with van der Waals surface area (Å²) in [5, 5.41) is 0. The SMILES string of the molecule is C=C(C)CC(NN)c1cc(F)cc(F)c1. The van der Waals surface area contributed by atoms with Crippen LogP contribution in [0, 0.1) is 11.6 Å². The predicted molar refractivity (Wildman–Crippen MR) is 55.9 cm³/mol. The van der Waals surface area contributed by atoms with Gasteiger partial charge >= 0.3 is 0 Å². The summed E-state index contributed by atoms with van der Waals surface area (Å²) < 4.78 is 25.9. The minimum Gasteiger partial charge on any atom is -0.271 e. The van der Waals surface area contributed by atoms with Crippen LogP contribution in [0.2, 0.25) is 0 Å². The van der Waals surface area contributed by atoms with Crippen molar-refractivity contribution in [1.29, 1.82) is 0 Å². The number of hydrazine groups is 1. The van der Waals surface area contributed by atoms with Gasteiger partial charge in [-0.2, -0.15) is 0 Å². The lowest BCUT2D eigenvalue weighted by molar-refractivity contribution is 0.529.